The molecule has 9 rings (SSSR count). The minimum atomic E-state index is -0.0995. The molecular formula is C41H35BrN4O6S2. The van der Waals surface area contributed by atoms with Crippen molar-refractivity contribution >= 4 is 74.2 Å². The SMILES string of the molecule is COc1cc2c(cc1OCc1cc(CBr)cc(COc3cc4c(cc3OC)C(=O)N3Cc5ccsc5C[C@H]3C=N4)c1)N=CC1Cc3sccc3CN1C2=O. The Kier molecular flexibility index (Phi) is 9.24. The number of carbonyl (C=O) groups excluding carboxylic acids is 2. The van der Waals surface area contributed by atoms with Gasteiger partial charge in [-0.25, -0.2) is 0 Å². The highest BCUT2D eigenvalue weighted by molar-refractivity contribution is 9.08. The van der Waals surface area contributed by atoms with Crippen molar-refractivity contribution in [1.29, 1.82) is 0 Å². The number of ether oxygens (including phenoxy) is 4. The molecule has 6 heterocycles. The lowest BCUT2D eigenvalue weighted by molar-refractivity contribution is 0.0697. The molecule has 0 saturated carbocycles. The molecule has 274 valence electrons. The van der Waals surface area contributed by atoms with Crippen molar-refractivity contribution in [2.24, 2.45) is 9.98 Å². The third-order valence-electron chi connectivity index (χ3n) is 10.3. The van der Waals surface area contributed by atoms with Crippen molar-refractivity contribution in [2.75, 3.05) is 14.2 Å². The van der Waals surface area contributed by atoms with Gasteiger partial charge in [0.05, 0.1) is 48.8 Å². The van der Waals surface area contributed by atoms with Crippen molar-refractivity contribution in [3.05, 3.63) is 114 Å². The van der Waals surface area contributed by atoms with E-state index in [0.29, 0.717) is 63.9 Å². The molecule has 0 saturated heterocycles. The van der Waals surface area contributed by atoms with Crippen LogP contribution in [-0.2, 0) is 44.5 Å². The van der Waals surface area contributed by atoms with Crippen LogP contribution in [0.15, 0.2) is 75.3 Å². The molecule has 0 aliphatic carbocycles. The van der Waals surface area contributed by atoms with Crippen LogP contribution < -0.4 is 18.9 Å². The number of amides is 2. The summed E-state index contributed by atoms with van der Waals surface area (Å²) in [7, 11) is 3.15. The fourth-order valence-electron chi connectivity index (χ4n) is 7.53. The molecule has 2 amide bonds. The Hall–Kier alpha value is -4.98. The van der Waals surface area contributed by atoms with Crippen LogP contribution in [0.1, 0.15) is 58.3 Å². The normalized spacial score (nSPS) is 18.1. The van der Waals surface area contributed by atoms with Gasteiger partial charge < -0.3 is 28.7 Å². The highest BCUT2D eigenvalue weighted by atomic mass is 79.9. The van der Waals surface area contributed by atoms with E-state index >= 15 is 0 Å². The molecule has 10 nitrogen and oxygen atoms in total. The number of nitrogens with zero attached hydrogens (tertiary/aromatic N) is 4. The van der Waals surface area contributed by atoms with Gasteiger partial charge in [-0.2, -0.15) is 0 Å². The largest absolute Gasteiger partial charge is 0.493 e. The molecule has 2 atom stereocenters. The summed E-state index contributed by atoms with van der Waals surface area (Å²) in [5, 5.41) is 4.80. The van der Waals surface area contributed by atoms with Crippen LogP contribution in [0.5, 0.6) is 23.0 Å². The molecule has 0 radical (unpaired) electrons. The van der Waals surface area contributed by atoms with Gasteiger partial charge in [0.2, 0.25) is 0 Å². The number of hydrogen-bond donors (Lipinski definition) is 0. The molecule has 13 heteroatoms. The number of methoxy groups -OCH3 is 2. The van der Waals surface area contributed by atoms with Gasteiger partial charge in [0.1, 0.15) is 13.2 Å². The lowest BCUT2D eigenvalue weighted by Gasteiger charge is -2.32. The minimum Gasteiger partial charge on any atom is -0.493 e. The molecule has 54 heavy (non-hydrogen) atoms. The minimum absolute atomic E-state index is 0.0682. The Balaban J connectivity index is 0.926. The Morgan fingerprint density at radius 2 is 1.13 bits per heavy atom. The van der Waals surface area contributed by atoms with E-state index in [1.165, 1.54) is 20.9 Å². The molecule has 0 fully saturated rings. The van der Waals surface area contributed by atoms with E-state index in [0.717, 1.165) is 29.5 Å². The van der Waals surface area contributed by atoms with Crippen LogP contribution in [0.3, 0.4) is 0 Å². The number of carbonyl (C=O) groups is 2. The molecule has 1 unspecified atom stereocenters. The fourth-order valence-corrected chi connectivity index (χ4v) is 9.75. The predicted octanol–water partition coefficient (Wildman–Crippen LogP) is 8.45. The van der Waals surface area contributed by atoms with Crippen molar-refractivity contribution in [1.82, 2.24) is 9.80 Å². The molecule has 4 aliphatic heterocycles. The summed E-state index contributed by atoms with van der Waals surface area (Å²) < 4.78 is 24.2. The second kappa shape index (κ2) is 14.3. The molecule has 2 aromatic heterocycles. The molecule has 0 N–H and O–H groups in total. The lowest BCUT2D eigenvalue weighted by Crippen LogP contribution is -2.44. The second-order valence-electron chi connectivity index (χ2n) is 13.6. The van der Waals surface area contributed by atoms with Crippen LogP contribution in [0, 0.1) is 0 Å². The van der Waals surface area contributed by atoms with Gasteiger partial charge in [-0.05, 0) is 68.9 Å². The maximum atomic E-state index is 13.8. The summed E-state index contributed by atoms with van der Waals surface area (Å²) in [6.07, 6.45) is 5.27. The first kappa shape index (κ1) is 34.8. The standard InChI is InChI=1S/C41H35BrN4O6S2/c1-49-34-12-30-32(43-17-28-10-38-26(3-5-53-38)19-45(28)40(30)47)14-36(34)51-21-24-7-23(16-42)8-25(9-24)22-52-37-15-33-31(13-35(37)50-2)41(48)46-20-27-4-6-54-39(27)11-29(46)18-44-33/h3-9,12-15,17-18,28-29H,10-11,16,19-22H2,1-2H3/t28-,29?/m0/s1. The summed E-state index contributed by atoms with van der Waals surface area (Å²) in [6.45, 7) is 1.62. The Morgan fingerprint density at radius 3 is 1.57 bits per heavy atom. The molecule has 0 spiro atoms. The van der Waals surface area contributed by atoms with E-state index in [1.807, 2.05) is 28.3 Å². The molecule has 4 aliphatic rings. The zero-order valence-electron chi connectivity index (χ0n) is 29.5. The van der Waals surface area contributed by atoms with Crippen LogP contribution in [0.2, 0.25) is 0 Å². The first-order valence-corrected chi connectivity index (χ1v) is 20.4. The predicted molar refractivity (Wildman–Crippen MR) is 213 cm³/mol. The zero-order chi connectivity index (χ0) is 36.9. The first-order chi connectivity index (χ1) is 26.4. The van der Waals surface area contributed by atoms with Crippen molar-refractivity contribution in [3.8, 4) is 23.0 Å². The average Bonchev–Trinajstić information content (AvgIpc) is 3.82. The lowest BCUT2D eigenvalue weighted by atomic mass is 10.0. The summed E-state index contributed by atoms with van der Waals surface area (Å²) in [4.78, 5) is 43.4. The zero-order valence-corrected chi connectivity index (χ0v) is 32.8. The monoisotopic (exact) mass is 822 g/mol. The van der Waals surface area contributed by atoms with Gasteiger partial charge >= 0.3 is 0 Å². The van der Waals surface area contributed by atoms with E-state index < -0.39 is 0 Å². The summed E-state index contributed by atoms with van der Waals surface area (Å²) >= 11 is 7.07. The molecular weight excluding hydrogens is 789 g/mol. The Morgan fingerprint density at radius 1 is 0.667 bits per heavy atom. The summed E-state index contributed by atoms with van der Waals surface area (Å²) in [5.41, 5.74) is 7.41. The Bertz CT molecular complexity index is 2210. The topological polar surface area (TPSA) is 102 Å². The van der Waals surface area contributed by atoms with Crippen molar-refractivity contribution < 1.29 is 28.5 Å². The van der Waals surface area contributed by atoms with Crippen molar-refractivity contribution in [3.63, 3.8) is 0 Å². The number of rotatable bonds is 9. The van der Waals surface area contributed by atoms with Crippen LogP contribution in [0.4, 0.5) is 11.4 Å². The number of thiophene rings is 2. The van der Waals surface area contributed by atoms with Crippen LogP contribution in [0.25, 0.3) is 0 Å². The van der Waals surface area contributed by atoms with Gasteiger partial charge in [-0.3, -0.25) is 19.6 Å². The van der Waals surface area contributed by atoms with E-state index in [2.05, 4.69) is 51.0 Å². The highest BCUT2D eigenvalue weighted by Gasteiger charge is 2.35. The van der Waals surface area contributed by atoms with Gasteiger partial charge in [0, 0.05) is 65.6 Å². The first-order valence-electron chi connectivity index (χ1n) is 17.6. The van der Waals surface area contributed by atoms with Crippen molar-refractivity contribution in [2.45, 2.75) is 56.6 Å². The summed E-state index contributed by atoms with van der Waals surface area (Å²) in [6, 6.07) is 17.2. The third kappa shape index (κ3) is 6.37. The van der Waals surface area contributed by atoms with Crippen LogP contribution in [-0.4, -0.2) is 60.3 Å². The van der Waals surface area contributed by atoms with E-state index in [-0.39, 0.29) is 37.1 Å². The average molecular weight is 824 g/mol. The number of aliphatic imine (C=N–C) groups is 2. The number of alkyl halides is 1. The maximum absolute atomic E-state index is 13.8. The maximum Gasteiger partial charge on any atom is 0.257 e. The fraction of sp³-hybridized carbons (Fsp3) is 0.268. The van der Waals surface area contributed by atoms with Gasteiger partial charge in [0.25, 0.3) is 11.8 Å². The third-order valence-corrected chi connectivity index (χ3v) is 12.9. The molecule has 0 bridgehead atoms. The highest BCUT2D eigenvalue weighted by Crippen LogP contribution is 2.41. The number of halogens is 1. The second-order valence-corrected chi connectivity index (χ2v) is 16.2. The van der Waals surface area contributed by atoms with E-state index in [1.54, 1.807) is 61.2 Å². The smallest absolute Gasteiger partial charge is 0.257 e. The summed E-state index contributed by atoms with van der Waals surface area (Å²) in [5.74, 6) is 1.79. The van der Waals surface area contributed by atoms with Gasteiger partial charge in [-0.15, -0.1) is 22.7 Å². The molecule has 5 aromatic rings. The van der Waals surface area contributed by atoms with Gasteiger partial charge in [0.15, 0.2) is 23.0 Å². The van der Waals surface area contributed by atoms with Crippen LogP contribution >= 0.6 is 38.6 Å². The Labute approximate surface area is 328 Å². The number of hydrogen-bond acceptors (Lipinski definition) is 10. The molecule has 3 aromatic carbocycles. The number of benzene rings is 3. The quantitative estimate of drug-likeness (QED) is 0.138. The van der Waals surface area contributed by atoms with Gasteiger partial charge in [-0.1, -0.05) is 28.1 Å². The van der Waals surface area contributed by atoms with E-state index in [9.17, 15) is 9.59 Å². The number of fused-ring (bicyclic) bond motifs is 6. The van der Waals surface area contributed by atoms with E-state index in [4.69, 9.17) is 28.9 Å².